The van der Waals surface area contributed by atoms with Crippen molar-refractivity contribution in [3.8, 4) is 0 Å². The molecule has 1 saturated heterocycles. The van der Waals surface area contributed by atoms with Crippen LogP contribution in [0.2, 0.25) is 5.04 Å². The summed E-state index contributed by atoms with van der Waals surface area (Å²) in [6.45, 7) is 18.1. The summed E-state index contributed by atoms with van der Waals surface area (Å²) in [6.07, 6.45) is 2.66. The fourth-order valence-electron chi connectivity index (χ4n) is 6.14. The lowest BCUT2D eigenvalue weighted by Gasteiger charge is -2.44. The summed E-state index contributed by atoms with van der Waals surface area (Å²) >= 11 is 0. The first-order valence-electron chi connectivity index (χ1n) is 14.4. The third kappa shape index (κ3) is 6.49. The van der Waals surface area contributed by atoms with Gasteiger partial charge in [-0.05, 0) is 48.2 Å². The van der Waals surface area contributed by atoms with Gasteiger partial charge >= 0.3 is 5.97 Å². The fourth-order valence-corrected chi connectivity index (χ4v) is 10.8. The summed E-state index contributed by atoms with van der Waals surface area (Å²) in [6, 6.07) is 31.4. The standard InChI is InChI=1S/C35H45NO3Si/c1-8-31-28(24-32(33(37)39-34(2,3)4)36(31)25-27-18-12-9-13-19-27)26-38-40(35(5,6)7,29-20-14-10-15-21-29)30-22-16-11-17-23-30/h8-23,28,31-32H,1,24-26H2,2-7H3/t28-,31+,32?/m0/s1. The van der Waals surface area contributed by atoms with E-state index in [9.17, 15) is 4.79 Å². The highest BCUT2D eigenvalue weighted by Gasteiger charge is 2.52. The number of benzene rings is 3. The average Bonchev–Trinajstić information content (AvgIpc) is 3.26. The second-order valence-corrected chi connectivity index (χ2v) is 17.2. The molecular weight excluding hydrogens is 510 g/mol. The maximum absolute atomic E-state index is 13.5. The highest BCUT2D eigenvalue weighted by molar-refractivity contribution is 6.99. The van der Waals surface area contributed by atoms with Gasteiger partial charge in [0.05, 0.1) is 0 Å². The van der Waals surface area contributed by atoms with Crippen molar-refractivity contribution in [3.63, 3.8) is 0 Å². The third-order valence-electron chi connectivity index (χ3n) is 7.85. The Kier molecular flexibility index (Phi) is 9.18. The van der Waals surface area contributed by atoms with Crippen LogP contribution in [-0.4, -0.2) is 43.5 Å². The van der Waals surface area contributed by atoms with Crippen LogP contribution < -0.4 is 10.4 Å². The lowest BCUT2D eigenvalue weighted by molar-refractivity contribution is -0.160. The van der Waals surface area contributed by atoms with Gasteiger partial charge in [0.25, 0.3) is 8.32 Å². The molecule has 1 aliphatic rings. The number of likely N-dealkylation sites (tertiary alicyclic amines) is 1. The van der Waals surface area contributed by atoms with E-state index in [-0.39, 0.29) is 29.0 Å². The van der Waals surface area contributed by atoms with Crippen molar-refractivity contribution >= 4 is 24.7 Å². The van der Waals surface area contributed by atoms with Crippen molar-refractivity contribution in [2.45, 2.75) is 77.2 Å². The predicted molar refractivity (Wildman–Crippen MR) is 167 cm³/mol. The molecule has 4 nitrogen and oxygen atoms in total. The van der Waals surface area contributed by atoms with Gasteiger partial charge in [0.2, 0.25) is 0 Å². The number of nitrogens with zero attached hydrogens (tertiary/aromatic N) is 1. The van der Waals surface area contributed by atoms with Gasteiger partial charge in [-0.25, -0.2) is 0 Å². The summed E-state index contributed by atoms with van der Waals surface area (Å²) in [5.74, 6) is -0.0800. The van der Waals surface area contributed by atoms with E-state index in [0.29, 0.717) is 19.6 Å². The predicted octanol–water partition coefficient (Wildman–Crippen LogP) is 6.35. The van der Waals surface area contributed by atoms with Crippen LogP contribution in [0.4, 0.5) is 0 Å². The molecule has 0 spiro atoms. The highest BCUT2D eigenvalue weighted by Crippen LogP contribution is 2.39. The van der Waals surface area contributed by atoms with Gasteiger partial charge in [-0.15, -0.1) is 6.58 Å². The SMILES string of the molecule is C=C[C@@H]1[C@H](CO[Si](c2ccccc2)(c2ccccc2)C(C)(C)C)CC(C(=O)OC(C)(C)C)N1Cc1ccccc1. The molecule has 4 rings (SSSR count). The first-order valence-corrected chi connectivity index (χ1v) is 16.3. The zero-order chi connectivity index (χ0) is 29.0. The molecule has 1 heterocycles. The minimum Gasteiger partial charge on any atom is -0.459 e. The zero-order valence-corrected chi connectivity index (χ0v) is 26.0. The molecule has 0 aliphatic carbocycles. The number of carbonyl (C=O) groups is 1. The fraction of sp³-hybridized carbons (Fsp3) is 0.400. The van der Waals surface area contributed by atoms with Crippen molar-refractivity contribution in [1.29, 1.82) is 0 Å². The van der Waals surface area contributed by atoms with E-state index in [1.165, 1.54) is 10.4 Å². The number of esters is 1. The maximum atomic E-state index is 13.5. The molecule has 40 heavy (non-hydrogen) atoms. The lowest BCUT2D eigenvalue weighted by atomic mass is 10.00. The second-order valence-electron chi connectivity index (χ2n) is 12.9. The molecule has 0 aromatic heterocycles. The first-order chi connectivity index (χ1) is 19.0. The Morgan fingerprint density at radius 1 is 0.875 bits per heavy atom. The van der Waals surface area contributed by atoms with Gasteiger partial charge < -0.3 is 9.16 Å². The number of carbonyl (C=O) groups excluding carboxylic acids is 1. The summed E-state index contributed by atoms with van der Waals surface area (Å²) in [5, 5.41) is 2.39. The van der Waals surface area contributed by atoms with Gasteiger partial charge in [-0.1, -0.05) is 118 Å². The van der Waals surface area contributed by atoms with Crippen LogP contribution in [0, 0.1) is 5.92 Å². The van der Waals surface area contributed by atoms with Crippen LogP contribution in [-0.2, 0) is 20.5 Å². The van der Waals surface area contributed by atoms with Gasteiger partial charge in [-0.3, -0.25) is 9.69 Å². The molecule has 0 bridgehead atoms. The van der Waals surface area contributed by atoms with E-state index >= 15 is 0 Å². The van der Waals surface area contributed by atoms with Gasteiger partial charge in [-0.2, -0.15) is 0 Å². The van der Waals surface area contributed by atoms with Crippen LogP contribution in [0.25, 0.3) is 0 Å². The van der Waals surface area contributed by atoms with E-state index in [1.54, 1.807) is 0 Å². The Hall–Kier alpha value is -2.99. The monoisotopic (exact) mass is 555 g/mol. The molecule has 3 atom stereocenters. The Morgan fingerprint density at radius 2 is 1.38 bits per heavy atom. The molecule has 0 saturated carbocycles. The first kappa shape index (κ1) is 30.0. The zero-order valence-electron chi connectivity index (χ0n) is 25.0. The summed E-state index contributed by atoms with van der Waals surface area (Å²) in [5.41, 5.74) is 0.610. The minimum absolute atomic E-state index is 0.0176. The van der Waals surface area contributed by atoms with Crippen molar-refractivity contribution in [1.82, 2.24) is 4.90 Å². The normalized spacial score (nSPS) is 20.3. The van der Waals surface area contributed by atoms with Crippen LogP contribution in [0.5, 0.6) is 0 Å². The molecular formula is C35H45NO3Si. The topological polar surface area (TPSA) is 38.8 Å². The van der Waals surface area contributed by atoms with Crippen molar-refractivity contribution in [2.75, 3.05) is 6.61 Å². The van der Waals surface area contributed by atoms with Crippen molar-refractivity contribution in [2.24, 2.45) is 5.92 Å². The van der Waals surface area contributed by atoms with Crippen molar-refractivity contribution < 1.29 is 14.0 Å². The smallest absolute Gasteiger partial charge is 0.323 e. The maximum Gasteiger partial charge on any atom is 0.323 e. The Balaban J connectivity index is 1.71. The van der Waals surface area contributed by atoms with E-state index in [0.717, 1.165) is 5.56 Å². The van der Waals surface area contributed by atoms with Gasteiger partial charge in [0, 0.05) is 25.1 Å². The van der Waals surface area contributed by atoms with Crippen LogP contribution >= 0.6 is 0 Å². The number of hydrogen-bond acceptors (Lipinski definition) is 4. The molecule has 3 aromatic rings. The molecule has 1 aliphatic heterocycles. The van der Waals surface area contributed by atoms with E-state index in [4.69, 9.17) is 9.16 Å². The summed E-state index contributed by atoms with van der Waals surface area (Å²) in [7, 11) is -2.71. The number of ether oxygens (including phenoxy) is 1. The Labute approximate surface area is 242 Å². The molecule has 1 unspecified atom stereocenters. The van der Waals surface area contributed by atoms with Gasteiger partial charge in [0.1, 0.15) is 11.6 Å². The van der Waals surface area contributed by atoms with E-state index in [2.05, 4.69) is 105 Å². The molecule has 1 fully saturated rings. The summed E-state index contributed by atoms with van der Waals surface area (Å²) in [4.78, 5) is 15.8. The molecule has 0 amide bonds. The number of hydrogen-bond donors (Lipinski definition) is 0. The van der Waals surface area contributed by atoms with Gasteiger partial charge in [0.15, 0.2) is 0 Å². The second kappa shape index (κ2) is 12.3. The van der Waals surface area contributed by atoms with E-state index < -0.39 is 13.9 Å². The lowest BCUT2D eigenvalue weighted by Crippen LogP contribution is -2.67. The van der Waals surface area contributed by atoms with Crippen LogP contribution in [0.1, 0.15) is 53.5 Å². The van der Waals surface area contributed by atoms with E-state index in [1.807, 2.05) is 45.0 Å². The molecule has 5 heteroatoms. The van der Waals surface area contributed by atoms with Crippen molar-refractivity contribution in [3.05, 3.63) is 109 Å². The summed E-state index contributed by atoms with van der Waals surface area (Å²) < 4.78 is 13.2. The Bertz CT molecular complexity index is 1210. The van der Waals surface area contributed by atoms with Crippen LogP contribution in [0.15, 0.2) is 104 Å². The largest absolute Gasteiger partial charge is 0.459 e. The third-order valence-corrected chi connectivity index (χ3v) is 12.9. The average molecular weight is 556 g/mol. The quantitative estimate of drug-likeness (QED) is 0.175. The molecule has 0 radical (unpaired) electrons. The molecule has 0 N–H and O–H groups in total. The Morgan fingerprint density at radius 3 is 1.82 bits per heavy atom. The molecule has 212 valence electrons. The number of rotatable bonds is 9. The van der Waals surface area contributed by atoms with Crippen LogP contribution in [0.3, 0.4) is 0 Å². The minimum atomic E-state index is -2.71. The highest BCUT2D eigenvalue weighted by atomic mass is 28.4. The molecule has 3 aromatic carbocycles.